The summed E-state index contributed by atoms with van der Waals surface area (Å²) in [6.07, 6.45) is 0.736. The minimum atomic E-state index is -0.783. The summed E-state index contributed by atoms with van der Waals surface area (Å²) in [5.41, 5.74) is 2.05. The highest BCUT2D eigenvalue weighted by molar-refractivity contribution is 6.46. The molecule has 2 aliphatic rings. The molecule has 1 saturated heterocycles. The summed E-state index contributed by atoms with van der Waals surface area (Å²) in [6, 6.07) is 10.8. The monoisotopic (exact) mass is 437 g/mol. The number of Topliss-reactive ketones (excluding diaryl/α,β-unsaturated/α-hetero) is 1. The van der Waals surface area contributed by atoms with Gasteiger partial charge in [-0.15, -0.1) is 0 Å². The van der Waals surface area contributed by atoms with E-state index >= 15 is 0 Å². The van der Waals surface area contributed by atoms with Crippen LogP contribution < -0.4 is 4.74 Å². The lowest BCUT2D eigenvalue weighted by Gasteiger charge is -2.25. The van der Waals surface area contributed by atoms with Crippen molar-refractivity contribution in [2.24, 2.45) is 0 Å². The largest absolute Gasteiger partial charge is 0.508 e. The van der Waals surface area contributed by atoms with Crippen LogP contribution >= 0.6 is 0 Å². The highest BCUT2D eigenvalue weighted by Gasteiger charge is 2.46. The van der Waals surface area contributed by atoms with E-state index < -0.39 is 17.7 Å². The Labute approximate surface area is 186 Å². The fraction of sp³-hybridized carbons (Fsp3) is 0.360. The number of phenols is 1. The van der Waals surface area contributed by atoms with Gasteiger partial charge < -0.3 is 24.6 Å². The first-order valence-electron chi connectivity index (χ1n) is 10.7. The number of aliphatic hydroxyl groups excluding tert-OH is 1. The zero-order chi connectivity index (χ0) is 23.0. The predicted molar refractivity (Wildman–Crippen MR) is 118 cm³/mol. The van der Waals surface area contributed by atoms with Crippen LogP contribution in [-0.2, 0) is 20.7 Å². The van der Waals surface area contributed by atoms with Crippen LogP contribution in [0.3, 0.4) is 0 Å². The number of likely N-dealkylation sites (tertiary alicyclic amines) is 1. The zero-order valence-electron chi connectivity index (χ0n) is 18.4. The summed E-state index contributed by atoms with van der Waals surface area (Å²) in [4.78, 5) is 27.4. The molecule has 2 heterocycles. The lowest BCUT2D eigenvalue weighted by atomic mass is 9.94. The summed E-state index contributed by atoms with van der Waals surface area (Å²) >= 11 is 0. The van der Waals surface area contributed by atoms with E-state index in [4.69, 9.17) is 9.47 Å². The van der Waals surface area contributed by atoms with E-state index in [2.05, 4.69) is 0 Å². The Hall–Kier alpha value is -3.32. The molecule has 0 aliphatic carbocycles. The number of ether oxygens (including phenoxy) is 2. The molecule has 2 unspecified atom stereocenters. The Balaban J connectivity index is 1.77. The van der Waals surface area contributed by atoms with Crippen molar-refractivity contribution in [3.63, 3.8) is 0 Å². The van der Waals surface area contributed by atoms with Crippen LogP contribution in [0, 0.1) is 0 Å². The molecule has 4 rings (SSSR count). The predicted octanol–water partition coefficient (Wildman–Crippen LogP) is 3.56. The smallest absolute Gasteiger partial charge is 0.295 e. The number of hydrogen-bond donors (Lipinski definition) is 2. The summed E-state index contributed by atoms with van der Waals surface area (Å²) in [5.74, 6) is -0.821. The van der Waals surface area contributed by atoms with E-state index in [0.29, 0.717) is 17.5 Å². The molecule has 0 spiro atoms. The van der Waals surface area contributed by atoms with Gasteiger partial charge in [-0.3, -0.25) is 9.59 Å². The highest BCUT2D eigenvalue weighted by Crippen LogP contribution is 2.40. The van der Waals surface area contributed by atoms with Gasteiger partial charge in [0.1, 0.15) is 23.4 Å². The van der Waals surface area contributed by atoms with Gasteiger partial charge in [-0.05, 0) is 62.2 Å². The SMILES string of the molecule is CC(C)OCCN1C(=O)C(=O)/C(=C(\O)c2ccc3c(c2)CC(C)O3)C1c1ccc(O)cc1. The van der Waals surface area contributed by atoms with Crippen LogP contribution in [0.25, 0.3) is 5.76 Å². The van der Waals surface area contributed by atoms with Gasteiger partial charge in [0.05, 0.1) is 24.3 Å². The molecule has 32 heavy (non-hydrogen) atoms. The number of ketones is 1. The van der Waals surface area contributed by atoms with Crippen molar-refractivity contribution in [1.82, 2.24) is 4.90 Å². The van der Waals surface area contributed by atoms with Gasteiger partial charge in [-0.2, -0.15) is 0 Å². The molecule has 1 amide bonds. The van der Waals surface area contributed by atoms with Gasteiger partial charge in [0.25, 0.3) is 11.7 Å². The molecule has 2 N–H and O–H groups in total. The summed E-state index contributed by atoms with van der Waals surface area (Å²) in [7, 11) is 0. The topological polar surface area (TPSA) is 96.3 Å². The Morgan fingerprint density at radius 2 is 1.91 bits per heavy atom. The molecule has 0 saturated carbocycles. The molecule has 2 atom stereocenters. The van der Waals surface area contributed by atoms with E-state index in [1.807, 2.05) is 20.8 Å². The first kappa shape index (κ1) is 21.9. The van der Waals surface area contributed by atoms with Crippen LogP contribution in [-0.4, -0.2) is 52.2 Å². The molecule has 1 fully saturated rings. The lowest BCUT2D eigenvalue weighted by molar-refractivity contribution is -0.140. The molecule has 7 nitrogen and oxygen atoms in total. The number of hydrogen-bond acceptors (Lipinski definition) is 6. The second-order valence-corrected chi connectivity index (χ2v) is 8.46. The first-order valence-corrected chi connectivity index (χ1v) is 10.7. The summed E-state index contributed by atoms with van der Waals surface area (Å²) in [5, 5.41) is 20.9. The van der Waals surface area contributed by atoms with Crippen molar-refractivity contribution < 1.29 is 29.3 Å². The van der Waals surface area contributed by atoms with E-state index in [1.54, 1.807) is 30.3 Å². The fourth-order valence-corrected chi connectivity index (χ4v) is 4.23. The van der Waals surface area contributed by atoms with Crippen LogP contribution in [0.4, 0.5) is 0 Å². The van der Waals surface area contributed by atoms with Crippen molar-refractivity contribution >= 4 is 17.4 Å². The normalized spacial score (nSPS) is 21.8. The second-order valence-electron chi connectivity index (χ2n) is 8.46. The van der Waals surface area contributed by atoms with E-state index in [-0.39, 0.29) is 42.4 Å². The molecule has 2 aromatic carbocycles. The van der Waals surface area contributed by atoms with Crippen LogP contribution in [0.15, 0.2) is 48.0 Å². The molecule has 168 valence electrons. The Morgan fingerprint density at radius 3 is 2.59 bits per heavy atom. The van der Waals surface area contributed by atoms with Crippen molar-refractivity contribution in [3.8, 4) is 11.5 Å². The van der Waals surface area contributed by atoms with Crippen LogP contribution in [0.1, 0.15) is 43.5 Å². The van der Waals surface area contributed by atoms with Gasteiger partial charge in [0.2, 0.25) is 0 Å². The highest BCUT2D eigenvalue weighted by atomic mass is 16.5. The number of fused-ring (bicyclic) bond motifs is 1. The number of phenolic OH excluding ortho intramolecular Hbond substituents is 1. The molecule has 7 heteroatoms. The maximum Gasteiger partial charge on any atom is 0.295 e. The van der Waals surface area contributed by atoms with Crippen LogP contribution in [0.5, 0.6) is 11.5 Å². The van der Waals surface area contributed by atoms with Gasteiger partial charge in [-0.25, -0.2) is 0 Å². The number of rotatable bonds is 6. The number of nitrogens with zero attached hydrogens (tertiary/aromatic N) is 1. The van der Waals surface area contributed by atoms with E-state index in [0.717, 1.165) is 11.3 Å². The maximum absolute atomic E-state index is 13.0. The Bertz CT molecular complexity index is 1070. The first-order chi connectivity index (χ1) is 15.3. The number of carbonyl (C=O) groups is 2. The van der Waals surface area contributed by atoms with Crippen molar-refractivity contribution in [1.29, 1.82) is 0 Å². The lowest BCUT2D eigenvalue weighted by Crippen LogP contribution is -2.33. The van der Waals surface area contributed by atoms with Gasteiger partial charge in [-0.1, -0.05) is 12.1 Å². The molecule has 2 aliphatic heterocycles. The minimum absolute atomic E-state index is 0.0185. The average Bonchev–Trinajstić information content (AvgIpc) is 3.24. The van der Waals surface area contributed by atoms with E-state index in [9.17, 15) is 19.8 Å². The molecule has 0 bridgehead atoms. The fourth-order valence-electron chi connectivity index (χ4n) is 4.23. The van der Waals surface area contributed by atoms with Crippen molar-refractivity contribution in [2.75, 3.05) is 13.2 Å². The maximum atomic E-state index is 13.0. The van der Waals surface area contributed by atoms with Gasteiger partial charge >= 0.3 is 0 Å². The molecule has 0 aromatic heterocycles. The van der Waals surface area contributed by atoms with Crippen molar-refractivity contribution in [2.45, 2.75) is 45.4 Å². The molecule has 2 aromatic rings. The summed E-state index contributed by atoms with van der Waals surface area (Å²) < 4.78 is 11.3. The zero-order valence-corrected chi connectivity index (χ0v) is 18.4. The third-order valence-corrected chi connectivity index (χ3v) is 5.70. The Morgan fingerprint density at radius 1 is 1.19 bits per heavy atom. The standard InChI is InChI=1S/C25H27NO6/c1-14(2)31-11-10-26-22(16-4-7-19(27)8-5-16)21(24(29)25(26)30)23(28)17-6-9-20-18(13-17)12-15(3)32-20/h4-9,13-15,22,27-28H,10-12H2,1-3H3/b23-21-. The van der Waals surface area contributed by atoms with E-state index in [1.165, 1.54) is 17.0 Å². The number of aliphatic hydroxyl groups is 1. The minimum Gasteiger partial charge on any atom is -0.508 e. The van der Waals surface area contributed by atoms with Crippen molar-refractivity contribution in [3.05, 3.63) is 64.7 Å². The molecule has 0 radical (unpaired) electrons. The number of benzene rings is 2. The molecular formula is C25H27NO6. The van der Waals surface area contributed by atoms with Gasteiger partial charge in [0, 0.05) is 18.5 Å². The third-order valence-electron chi connectivity index (χ3n) is 5.70. The number of aromatic hydroxyl groups is 1. The molecular weight excluding hydrogens is 410 g/mol. The van der Waals surface area contributed by atoms with Gasteiger partial charge in [0.15, 0.2) is 0 Å². The number of carbonyl (C=O) groups excluding carboxylic acids is 2. The average molecular weight is 437 g/mol. The quantitative estimate of drug-likeness (QED) is 0.408. The summed E-state index contributed by atoms with van der Waals surface area (Å²) in [6.45, 7) is 6.21. The Kier molecular flexibility index (Phi) is 5.93. The third kappa shape index (κ3) is 4.08. The second kappa shape index (κ2) is 8.67. The number of amides is 1. The van der Waals surface area contributed by atoms with Crippen LogP contribution in [0.2, 0.25) is 0 Å².